The number of amides is 1. The summed E-state index contributed by atoms with van der Waals surface area (Å²) in [7, 11) is 0. The zero-order valence-corrected chi connectivity index (χ0v) is 16.1. The normalized spacial score (nSPS) is 34.5. The van der Waals surface area contributed by atoms with Gasteiger partial charge in [0.2, 0.25) is 0 Å². The Kier molecular flexibility index (Phi) is 3.71. The van der Waals surface area contributed by atoms with Crippen LogP contribution in [0.5, 0.6) is 0 Å². The lowest BCUT2D eigenvalue weighted by molar-refractivity contribution is 0.0619. The van der Waals surface area contributed by atoms with Crippen LogP contribution in [0, 0.1) is 5.92 Å². The molecule has 0 saturated carbocycles. The lowest BCUT2D eigenvalue weighted by Crippen LogP contribution is -2.57. The summed E-state index contributed by atoms with van der Waals surface area (Å²) in [6, 6.07) is 7.18. The number of piperidine rings is 3. The van der Waals surface area contributed by atoms with E-state index < -0.39 is 0 Å². The number of carbonyl (C=O) groups excluding carboxylic acids is 1. The number of anilines is 1. The lowest BCUT2D eigenvalue weighted by atomic mass is 9.84. The number of aromatic nitrogens is 1. The van der Waals surface area contributed by atoms with Gasteiger partial charge in [-0.15, -0.1) is 0 Å². The molecule has 1 aromatic carbocycles. The van der Waals surface area contributed by atoms with Crippen LogP contribution in [0.4, 0.5) is 5.69 Å². The van der Waals surface area contributed by atoms with E-state index in [2.05, 4.69) is 37.7 Å². The molecule has 6 nitrogen and oxygen atoms in total. The smallest absolute Gasteiger partial charge is 0.271 e. The van der Waals surface area contributed by atoms with Crippen molar-refractivity contribution in [3.05, 3.63) is 23.9 Å². The molecule has 7 rings (SSSR count). The highest BCUT2D eigenvalue weighted by molar-refractivity contribution is 7.13. The fraction of sp³-hybridized carbons (Fsp3) is 0.600. The maximum absolute atomic E-state index is 12.9. The monoisotopic (exact) mass is 384 g/mol. The number of nitrogens with zero attached hydrogens (tertiary/aromatic N) is 3. The Labute approximate surface area is 162 Å². The molecule has 27 heavy (non-hydrogen) atoms. The maximum atomic E-state index is 12.9. The van der Waals surface area contributed by atoms with Gasteiger partial charge in [-0.25, -0.2) is 0 Å². The number of hydrogen-bond acceptors (Lipinski definition) is 6. The Morgan fingerprint density at radius 2 is 2.15 bits per heavy atom. The van der Waals surface area contributed by atoms with Gasteiger partial charge in [0.15, 0.2) is 0 Å². The van der Waals surface area contributed by atoms with Gasteiger partial charge in [0.1, 0.15) is 5.69 Å². The molecule has 5 saturated heterocycles. The Balaban J connectivity index is 1.23. The minimum atomic E-state index is -0.0126. The van der Waals surface area contributed by atoms with E-state index in [1.165, 1.54) is 43.2 Å². The molecule has 5 aliphatic heterocycles. The van der Waals surface area contributed by atoms with E-state index in [0.29, 0.717) is 23.8 Å². The molecule has 4 bridgehead atoms. The zero-order chi connectivity index (χ0) is 18.0. The van der Waals surface area contributed by atoms with Gasteiger partial charge in [-0.05, 0) is 68.0 Å². The van der Waals surface area contributed by atoms with Crippen molar-refractivity contribution in [1.29, 1.82) is 0 Å². The molecule has 5 fully saturated rings. The van der Waals surface area contributed by atoms with Crippen molar-refractivity contribution < 1.29 is 9.53 Å². The summed E-state index contributed by atoms with van der Waals surface area (Å²) in [5, 5.41) is 4.25. The van der Waals surface area contributed by atoms with Gasteiger partial charge < -0.3 is 19.9 Å². The van der Waals surface area contributed by atoms with Crippen LogP contribution in [-0.2, 0) is 4.74 Å². The Morgan fingerprint density at radius 1 is 1.26 bits per heavy atom. The second-order valence-corrected chi connectivity index (χ2v) is 9.23. The molecule has 1 amide bonds. The van der Waals surface area contributed by atoms with Crippen molar-refractivity contribution in [2.75, 3.05) is 37.7 Å². The van der Waals surface area contributed by atoms with Crippen molar-refractivity contribution in [2.45, 2.75) is 37.5 Å². The number of carbonyl (C=O) groups is 1. The summed E-state index contributed by atoms with van der Waals surface area (Å²) in [5.74, 6) is 0.615. The second-order valence-electron chi connectivity index (χ2n) is 8.43. The number of rotatable bonds is 3. The number of morpholine rings is 1. The van der Waals surface area contributed by atoms with Gasteiger partial charge >= 0.3 is 0 Å². The quantitative estimate of drug-likeness (QED) is 0.878. The van der Waals surface area contributed by atoms with Gasteiger partial charge in [0, 0.05) is 30.2 Å². The van der Waals surface area contributed by atoms with E-state index in [4.69, 9.17) is 4.74 Å². The van der Waals surface area contributed by atoms with Gasteiger partial charge in [-0.3, -0.25) is 4.79 Å². The Hall–Kier alpha value is -1.70. The molecule has 5 aliphatic rings. The summed E-state index contributed by atoms with van der Waals surface area (Å²) >= 11 is 1.43. The Morgan fingerprint density at radius 3 is 2.85 bits per heavy atom. The maximum Gasteiger partial charge on any atom is 0.271 e. The van der Waals surface area contributed by atoms with Gasteiger partial charge in [0.25, 0.3) is 5.91 Å². The summed E-state index contributed by atoms with van der Waals surface area (Å²) in [6.45, 7) is 5.16. The van der Waals surface area contributed by atoms with E-state index in [-0.39, 0.29) is 11.9 Å². The number of fused-ring (bicyclic) bond motifs is 6. The highest BCUT2D eigenvalue weighted by Gasteiger charge is 2.39. The van der Waals surface area contributed by atoms with Crippen molar-refractivity contribution >= 4 is 33.2 Å². The average molecular weight is 385 g/mol. The molecule has 3 atom stereocenters. The number of nitrogens with one attached hydrogen (secondary N) is 1. The van der Waals surface area contributed by atoms with E-state index in [1.807, 2.05) is 0 Å². The molecule has 6 heterocycles. The summed E-state index contributed by atoms with van der Waals surface area (Å²) in [5.41, 5.74) is 1.82. The second kappa shape index (κ2) is 6.15. The highest BCUT2D eigenvalue weighted by atomic mass is 32.1. The molecular formula is C20H24N4O2S. The average Bonchev–Trinajstić information content (AvgIpc) is 3.43. The fourth-order valence-corrected chi connectivity index (χ4v) is 6.16. The van der Waals surface area contributed by atoms with Crippen LogP contribution >= 0.6 is 11.5 Å². The van der Waals surface area contributed by atoms with Crippen LogP contribution < -0.4 is 10.2 Å². The van der Waals surface area contributed by atoms with E-state index >= 15 is 0 Å². The van der Waals surface area contributed by atoms with E-state index in [0.717, 1.165) is 36.2 Å². The summed E-state index contributed by atoms with van der Waals surface area (Å²) in [6.07, 6.45) is 3.92. The molecule has 2 aromatic rings. The van der Waals surface area contributed by atoms with E-state index in [1.54, 1.807) is 0 Å². The minimum Gasteiger partial charge on any atom is -0.374 e. The van der Waals surface area contributed by atoms with Gasteiger partial charge in [-0.2, -0.15) is 4.37 Å². The van der Waals surface area contributed by atoms with Crippen LogP contribution in [-0.4, -0.2) is 66.2 Å². The van der Waals surface area contributed by atoms with Crippen LogP contribution in [0.2, 0.25) is 0 Å². The largest absolute Gasteiger partial charge is 0.374 e. The van der Waals surface area contributed by atoms with E-state index in [9.17, 15) is 4.79 Å². The predicted molar refractivity (Wildman–Crippen MR) is 106 cm³/mol. The zero-order valence-electron chi connectivity index (χ0n) is 15.3. The van der Waals surface area contributed by atoms with Crippen LogP contribution in [0.1, 0.15) is 29.8 Å². The molecule has 2 unspecified atom stereocenters. The summed E-state index contributed by atoms with van der Waals surface area (Å²) in [4.78, 5) is 17.8. The van der Waals surface area contributed by atoms with Crippen molar-refractivity contribution in [2.24, 2.45) is 5.92 Å². The standard InChI is InChI=1S/C20H24N4O2S/c25-20(21-17-10-23-5-3-12(17)4-6-23)19-16-2-1-13(8-18(16)27-22-19)24-9-15-7-14(24)11-26-15/h1-2,8,12,14-15,17H,3-7,9-11H2,(H,21,25)/t14?,15?,17-/m0/s1. The first kappa shape index (κ1) is 16.3. The first-order valence-corrected chi connectivity index (χ1v) is 10.8. The number of benzene rings is 1. The van der Waals surface area contributed by atoms with Crippen molar-refractivity contribution in [1.82, 2.24) is 14.6 Å². The Bertz CT molecular complexity index is 891. The van der Waals surface area contributed by atoms with Crippen LogP contribution in [0.15, 0.2) is 18.2 Å². The first-order chi connectivity index (χ1) is 13.2. The summed E-state index contributed by atoms with van der Waals surface area (Å²) < 4.78 is 11.3. The number of ether oxygens (including phenoxy) is 1. The molecule has 1 aromatic heterocycles. The van der Waals surface area contributed by atoms with Gasteiger partial charge in [-0.1, -0.05) is 0 Å². The highest BCUT2D eigenvalue weighted by Crippen LogP contribution is 2.35. The fourth-order valence-electron chi connectivity index (χ4n) is 5.35. The third-order valence-electron chi connectivity index (χ3n) is 6.88. The molecule has 0 radical (unpaired) electrons. The van der Waals surface area contributed by atoms with Crippen LogP contribution in [0.25, 0.3) is 10.1 Å². The molecule has 142 valence electrons. The lowest BCUT2D eigenvalue weighted by Gasteiger charge is -2.44. The van der Waals surface area contributed by atoms with Gasteiger partial charge in [0.05, 0.1) is 23.5 Å². The topological polar surface area (TPSA) is 57.7 Å². The molecular weight excluding hydrogens is 360 g/mol. The molecule has 0 spiro atoms. The van der Waals surface area contributed by atoms with Crippen molar-refractivity contribution in [3.63, 3.8) is 0 Å². The number of hydrogen-bond donors (Lipinski definition) is 1. The SMILES string of the molecule is O=C(N[C@H]1CN2CCC1CC2)c1nsc2cc(N3CC4CC3CO4)ccc12. The third kappa shape index (κ3) is 2.67. The molecule has 1 N–H and O–H groups in total. The first-order valence-electron chi connectivity index (χ1n) is 10.1. The molecule has 0 aliphatic carbocycles. The van der Waals surface area contributed by atoms with Crippen molar-refractivity contribution in [3.8, 4) is 0 Å². The predicted octanol–water partition coefficient (Wildman–Crippen LogP) is 2.10. The minimum absolute atomic E-state index is 0.0126. The third-order valence-corrected chi connectivity index (χ3v) is 7.68. The van der Waals surface area contributed by atoms with Crippen LogP contribution in [0.3, 0.4) is 0 Å². The molecule has 7 heteroatoms.